The second-order valence-electron chi connectivity index (χ2n) is 3.62. The van der Waals surface area contributed by atoms with Crippen LogP contribution in [-0.4, -0.2) is 23.9 Å². The van der Waals surface area contributed by atoms with E-state index in [1.54, 1.807) is 11.0 Å². The highest BCUT2D eigenvalue weighted by Gasteiger charge is 2.21. The van der Waals surface area contributed by atoms with Crippen LogP contribution in [0.4, 0.5) is 4.39 Å². The molecule has 1 aromatic rings. The minimum Gasteiger partial charge on any atom is -0.339 e. The number of benzene rings is 1. The van der Waals surface area contributed by atoms with Crippen molar-refractivity contribution < 1.29 is 9.18 Å². The summed E-state index contributed by atoms with van der Waals surface area (Å²) in [7, 11) is 0. The SMILES string of the molecule is O=C(c1cc(F)ccc1Br)N1CCCC1. The van der Waals surface area contributed by atoms with E-state index >= 15 is 0 Å². The first kappa shape index (κ1) is 10.6. The number of amides is 1. The smallest absolute Gasteiger partial charge is 0.255 e. The average Bonchev–Trinajstić information content (AvgIpc) is 2.74. The molecule has 0 N–H and O–H groups in total. The van der Waals surface area contributed by atoms with E-state index in [1.165, 1.54) is 12.1 Å². The Hall–Kier alpha value is -0.900. The summed E-state index contributed by atoms with van der Waals surface area (Å²) in [5, 5.41) is 0. The van der Waals surface area contributed by atoms with E-state index in [2.05, 4.69) is 15.9 Å². The Labute approximate surface area is 96.2 Å². The van der Waals surface area contributed by atoms with Crippen molar-refractivity contribution in [2.45, 2.75) is 12.8 Å². The van der Waals surface area contributed by atoms with Crippen molar-refractivity contribution in [2.75, 3.05) is 13.1 Å². The maximum absolute atomic E-state index is 13.0. The normalized spacial score (nSPS) is 15.7. The molecule has 1 aliphatic rings. The minimum atomic E-state index is -0.374. The Kier molecular flexibility index (Phi) is 3.05. The number of carbonyl (C=O) groups is 1. The molecule has 15 heavy (non-hydrogen) atoms. The summed E-state index contributed by atoms with van der Waals surface area (Å²) in [5.74, 6) is -0.459. The van der Waals surface area contributed by atoms with Crippen molar-refractivity contribution in [3.8, 4) is 0 Å². The lowest BCUT2D eigenvalue weighted by molar-refractivity contribution is 0.0791. The van der Waals surface area contributed by atoms with Crippen LogP contribution in [-0.2, 0) is 0 Å². The van der Waals surface area contributed by atoms with E-state index in [0.717, 1.165) is 25.9 Å². The van der Waals surface area contributed by atoms with Gasteiger partial charge in [0.1, 0.15) is 5.82 Å². The van der Waals surface area contributed by atoms with Crippen molar-refractivity contribution in [1.82, 2.24) is 4.90 Å². The topological polar surface area (TPSA) is 20.3 Å². The Balaban J connectivity index is 2.27. The first-order valence-electron chi connectivity index (χ1n) is 4.93. The maximum atomic E-state index is 13.0. The zero-order chi connectivity index (χ0) is 10.8. The monoisotopic (exact) mass is 271 g/mol. The molecule has 1 aliphatic heterocycles. The zero-order valence-electron chi connectivity index (χ0n) is 8.17. The lowest BCUT2D eigenvalue weighted by Crippen LogP contribution is -2.27. The maximum Gasteiger partial charge on any atom is 0.255 e. The second kappa shape index (κ2) is 4.31. The van der Waals surface area contributed by atoms with Crippen LogP contribution in [0.1, 0.15) is 23.2 Å². The molecule has 1 saturated heterocycles. The summed E-state index contributed by atoms with van der Waals surface area (Å²) >= 11 is 3.26. The molecule has 0 spiro atoms. The molecule has 0 bridgehead atoms. The van der Waals surface area contributed by atoms with E-state index in [1.807, 2.05) is 0 Å². The van der Waals surface area contributed by atoms with Crippen LogP contribution in [0, 0.1) is 5.82 Å². The standard InChI is InChI=1S/C11H11BrFNO/c12-10-4-3-8(13)7-9(10)11(15)14-5-1-2-6-14/h3-4,7H,1-2,5-6H2. The lowest BCUT2D eigenvalue weighted by Gasteiger charge is -2.15. The molecule has 4 heteroatoms. The summed E-state index contributed by atoms with van der Waals surface area (Å²) in [5.41, 5.74) is 0.414. The minimum absolute atomic E-state index is 0.0844. The Morgan fingerprint density at radius 2 is 2.00 bits per heavy atom. The molecular formula is C11H11BrFNO. The average molecular weight is 272 g/mol. The second-order valence-corrected chi connectivity index (χ2v) is 4.48. The molecule has 1 heterocycles. The van der Waals surface area contributed by atoms with Crippen LogP contribution in [0.5, 0.6) is 0 Å². The number of carbonyl (C=O) groups excluding carboxylic acids is 1. The van der Waals surface area contributed by atoms with Gasteiger partial charge in [0.2, 0.25) is 0 Å². The third kappa shape index (κ3) is 2.20. The van der Waals surface area contributed by atoms with Gasteiger partial charge < -0.3 is 4.90 Å². The van der Waals surface area contributed by atoms with Crippen molar-refractivity contribution in [3.63, 3.8) is 0 Å². The molecule has 0 radical (unpaired) electrons. The fourth-order valence-corrected chi connectivity index (χ4v) is 2.17. The van der Waals surface area contributed by atoms with E-state index < -0.39 is 0 Å². The van der Waals surface area contributed by atoms with Crippen molar-refractivity contribution in [1.29, 1.82) is 0 Å². The first-order valence-corrected chi connectivity index (χ1v) is 5.72. The van der Waals surface area contributed by atoms with Crippen LogP contribution in [0.3, 0.4) is 0 Å². The number of nitrogens with zero attached hydrogens (tertiary/aromatic N) is 1. The van der Waals surface area contributed by atoms with Gasteiger partial charge in [-0.2, -0.15) is 0 Å². The molecule has 0 saturated carbocycles. The van der Waals surface area contributed by atoms with Gasteiger partial charge >= 0.3 is 0 Å². The quantitative estimate of drug-likeness (QED) is 0.769. The highest BCUT2D eigenvalue weighted by molar-refractivity contribution is 9.10. The van der Waals surface area contributed by atoms with Gasteiger partial charge in [0.25, 0.3) is 5.91 Å². The Morgan fingerprint density at radius 1 is 1.33 bits per heavy atom. The largest absolute Gasteiger partial charge is 0.339 e. The van der Waals surface area contributed by atoms with Gasteiger partial charge in [-0.25, -0.2) is 4.39 Å². The van der Waals surface area contributed by atoms with Gasteiger partial charge in [-0.15, -0.1) is 0 Å². The van der Waals surface area contributed by atoms with Crippen molar-refractivity contribution >= 4 is 21.8 Å². The summed E-state index contributed by atoms with van der Waals surface area (Å²) in [6.07, 6.45) is 2.08. The van der Waals surface area contributed by atoms with E-state index in [9.17, 15) is 9.18 Å². The first-order chi connectivity index (χ1) is 7.18. The van der Waals surface area contributed by atoms with Crippen LogP contribution in [0.2, 0.25) is 0 Å². The number of hydrogen-bond acceptors (Lipinski definition) is 1. The molecule has 0 aromatic heterocycles. The van der Waals surface area contributed by atoms with Crippen molar-refractivity contribution in [2.24, 2.45) is 0 Å². The van der Waals surface area contributed by atoms with Crippen LogP contribution >= 0.6 is 15.9 Å². The molecule has 1 amide bonds. The summed E-state index contributed by atoms with van der Waals surface area (Å²) in [4.78, 5) is 13.7. The summed E-state index contributed by atoms with van der Waals surface area (Å²) in [6, 6.07) is 4.19. The van der Waals surface area contributed by atoms with E-state index in [4.69, 9.17) is 0 Å². The molecule has 2 rings (SSSR count). The molecule has 2 nitrogen and oxygen atoms in total. The van der Waals surface area contributed by atoms with Crippen LogP contribution < -0.4 is 0 Å². The third-order valence-corrected chi connectivity index (χ3v) is 3.24. The molecule has 0 aliphatic carbocycles. The van der Waals surface area contributed by atoms with Crippen LogP contribution in [0.25, 0.3) is 0 Å². The summed E-state index contributed by atoms with van der Waals surface area (Å²) < 4.78 is 13.7. The number of likely N-dealkylation sites (tertiary alicyclic amines) is 1. The van der Waals surface area contributed by atoms with Gasteiger partial charge in [-0.3, -0.25) is 4.79 Å². The highest BCUT2D eigenvalue weighted by Crippen LogP contribution is 2.21. The predicted molar refractivity (Wildman–Crippen MR) is 59.2 cm³/mol. The molecule has 80 valence electrons. The third-order valence-electron chi connectivity index (χ3n) is 2.55. The Bertz CT molecular complexity index is 388. The molecule has 1 aromatic carbocycles. The fraction of sp³-hybridized carbons (Fsp3) is 0.364. The van der Waals surface area contributed by atoms with E-state index in [-0.39, 0.29) is 11.7 Å². The van der Waals surface area contributed by atoms with Gasteiger partial charge in [0.15, 0.2) is 0 Å². The lowest BCUT2D eigenvalue weighted by atomic mass is 10.2. The van der Waals surface area contributed by atoms with Gasteiger partial charge in [0, 0.05) is 17.6 Å². The summed E-state index contributed by atoms with van der Waals surface area (Å²) in [6.45, 7) is 1.56. The van der Waals surface area contributed by atoms with Gasteiger partial charge in [-0.05, 0) is 47.0 Å². The predicted octanol–water partition coefficient (Wildman–Crippen LogP) is 2.82. The van der Waals surface area contributed by atoms with Crippen molar-refractivity contribution in [3.05, 3.63) is 34.1 Å². The molecule has 0 atom stereocenters. The fourth-order valence-electron chi connectivity index (χ4n) is 1.75. The van der Waals surface area contributed by atoms with Gasteiger partial charge in [-0.1, -0.05) is 0 Å². The Morgan fingerprint density at radius 3 is 2.67 bits per heavy atom. The number of hydrogen-bond donors (Lipinski definition) is 0. The molecular weight excluding hydrogens is 261 g/mol. The van der Waals surface area contributed by atoms with Crippen LogP contribution in [0.15, 0.2) is 22.7 Å². The molecule has 1 fully saturated rings. The van der Waals surface area contributed by atoms with Gasteiger partial charge in [0.05, 0.1) is 5.56 Å². The molecule has 0 unspecified atom stereocenters. The number of rotatable bonds is 1. The highest BCUT2D eigenvalue weighted by atomic mass is 79.9. The number of halogens is 2. The van der Waals surface area contributed by atoms with E-state index in [0.29, 0.717) is 10.0 Å². The zero-order valence-corrected chi connectivity index (χ0v) is 9.76.